The third kappa shape index (κ3) is 7.72. The molecule has 0 radical (unpaired) electrons. The Balaban J connectivity index is 1.46. The molecule has 5 rings (SSSR count). The Morgan fingerprint density at radius 3 is 2.40 bits per heavy atom. The van der Waals surface area contributed by atoms with E-state index < -0.39 is 66.2 Å². The van der Waals surface area contributed by atoms with Crippen LogP contribution >= 0.6 is 47.2 Å². The Kier molecular flexibility index (Phi) is 13.4. The molecule has 1 saturated heterocycles. The van der Waals surface area contributed by atoms with Crippen molar-refractivity contribution in [2.75, 3.05) is 4.43 Å². The number of esters is 1. The molecule has 48 heavy (non-hydrogen) atoms. The first kappa shape index (κ1) is 38.9. The van der Waals surface area contributed by atoms with Gasteiger partial charge in [0.2, 0.25) is 0 Å². The summed E-state index contributed by atoms with van der Waals surface area (Å²) in [7, 11) is 0. The van der Waals surface area contributed by atoms with Gasteiger partial charge in [-0.25, -0.2) is 0 Å². The average Bonchev–Trinajstić information content (AvgIpc) is 3.21. The minimum Gasteiger partial charge on any atom is -0.691 e. The summed E-state index contributed by atoms with van der Waals surface area (Å²) >= 11 is 2.43. The number of aliphatic hydroxyl groups is 1. The van der Waals surface area contributed by atoms with E-state index in [1.165, 1.54) is 0 Å². The zero-order valence-electron chi connectivity index (χ0n) is 26.9. The average molecular weight is 833 g/mol. The lowest BCUT2D eigenvalue weighted by Gasteiger charge is -2.62. The topological polar surface area (TPSA) is 204 Å². The number of fused-ring (bicyclic) bond motifs is 3. The van der Waals surface area contributed by atoms with Crippen LogP contribution in [0.4, 0.5) is 0 Å². The highest BCUT2D eigenvalue weighted by atomic mass is 125. The number of aliphatic carboxylic acids is 1. The van der Waals surface area contributed by atoms with Crippen molar-refractivity contribution in [2.24, 2.45) is 40.4 Å². The number of hydrogen-bond donors (Lipinski definition) is 2. The Hall–Kier alpha value is -0.330. The van der Waals surface area contributed by atoms with Gasteiger partial charge in [0.25, 0.3) is 0 Å². The molecule has 4 aliphatic carbocycles. The molecular formula is C30H43IO15S2-2. The second-order valence-corrected chi connectivity index (χ2v) is 16.1. The van der Waals surface area contributed by atoms with E-state index in [2.05, 4.69) is 54.8 Å². The van der Waals surface area contributed by atoms with Gasteiger partial charge < -0.3 is 34.9 Å². The molecule has 2 N–H and O–H groups in total. The van der Waals surface area contributed by atoms with Crippen LogP contribution in [0.15, 0.2) is 12.2 Å². The Morgan fingerprint density at radius 2 is 1.77 bits per heavy atom. The number of carboxylic acids is 1. The number of carbonyl (C=O) groups is 2. The van der Waals surface area contributed by atoms with Crippen molar-refractivity contribution in [2.45, 2.75) is 115 Å². The molecule has 2 bridgehead atoms. The minimum atomic E-state index is -1.31. The predicted octanol–water partition coefficient (Wildman–Crippen LogP) is 3.08. The molecule has 18 heteroatoms. The first-order valence-corrected chi connectivity index (χ1v) is 19.0. The summed E-state index contributed by atoms with van der Waals surface area (Å²) < 4.78 is 39.2. The third-order valence-electron chi connectivity index (χ3n) is 11.4. The number of halogens is 1. The van der Waals surface area contributed by atoms with Crippen molar-refractivity contribution in [1.82, 2.24) is 0 Å². The number of aliphatic hydroxyl groups excluding tert-OH is 1. The summed E-state index contributed by atoms with van der Waals surface area (Å²) in [6.45, 7) is 10.1. The van der Waals surface area contributed by atoms with Crippen LogP contribution in [0.5, 0.6) is 0 Å². The van der Waals surface area contributed by atoms with E-state index in [1.807, 2.05) is 13.8 Å². The third-order valence-corrected chi connectivity index (χ3v) is 13.1. The largest absolute Gasteiger partial charge is 0.691 e. The number of carboxylic acid groups (broad SMARTS) is 1. The molecule has 5 aliphatic rings. The van der Waals surface area contributed by atoms with E-state index in [0.29, 0.717) is 17.3 Å². The molecule has 13 atom stereocenters. The van der Waals surface area contributed by atoms with Crippen LogP contribution < -0.4 is 10.5 Å². The standard InChI is InChI=1S/C30H45IO15S2/c1-14(2)9-22(32)40-25-24(42-48-46-44-37)23(41-47-45-43-36)20(13-31)39-28(25)38-17-10-18(27(34)35)19-7-8-30-11-16(15(3)26(30)33)5-6-21(30)29(19,4)12-17/h14,16-21,23-26,28,33,36-37H,3,5-13H2,1-2,4H3,(H,34,35)/p-2/t16?,17?,18?,19?,20-,21?,23+,24-,25?,26-,28-,29?,30?/m0/s1/i31-2. The molecule has 15 nitrogen and oxygen atoms in total. The lowest BCUT2D eigenvalue weighted by atomic mass is 9.43. The monoisotopic (exact) mass is 832 g/mol. The highest BCUT2D eigenvalue weighted by Crippen LogP contribution is 2.70. The molecule has 1 spiro atoms. The van der Waals surface area contributed by atoms with Crippen LogP contribution in [-0.2, 0) is 50.9 Å². The van der Waals surface area contributed by atoms with Crippen LogP contribution in [0, 0.1) is 40.4 Å². The first-order valence-electron chi connectivity index (χ1n) is 16.1. The van der Waals surface area contributed by atoms with Gasteiger partial charge in [-0.15, -0.1) is 8.67 Å². The second-order valence-electron chi connectivity index (χ2n) is 14.3. The number of carbonyl (C=O) groups excluding carboxylic acids is 1. The van der Waals surface area contributed by atoms with Crippen LogP contribution in [0.25, 0.3) is 0 Å². The van der Waals surface area contributed by atoms with Crippen LogP contribution in [-0.4, -0.2) is 69.5 Å². The number of ether oxygens (including phenoxy) is 3. The molecule has 0 aromatic rings. The summed E-state index contributed by atoms with van der Waals surface area (Å²) in [5.74, 6) is -2.05. The van der Waals surface area contributed by atoms with Gasteiger partial charge in [-0.2, -0.15) is 0 Å². The van der Waals surface area contributed by atoms with Crippen LogP contribution in [0.2, 0.25) is 0 Å². The highest BCUT2D eigenvalue weighted by Gasteiger charge is 2.67. The minimum absolute atomic E-state index is 0.0506. The zero-order chi connectivity index (χ0) is 34.8. The molecular weight excluding hydrogens is 789 g/mol. The second kappa shape index (κ2) is 16.6. The van der Waals surface area contributed by atoms with Crippen molar-refractivity contribution in [3.8, 4) is 0 Å². The van der Waals surface area contributed by atoms with Gasteiger partial charge in [-0.1, -0.05) is 49.9 Å². The summed E-state index contributed by atoms with van der Waals surface area (Å²) in [6.07, 6.45) is -2.13. The molecule has 4 saturated carbocycles. The number of hydrogen-bond acceptors (Lipinski definition) is 16. The van der Waals surface area contributed by atoms with Crippen LogP contribution in [0.3, 0.4) is 0 Å². The van der Waals surface area contributed by atoms with E-state index in [-0.39, 0.29) is 66.6 Å². The normalized spacial score (nSPS) is 42.3. The molecule has 0 amide bonds. The molecule has 1 heterocycles. The Morgan fingerprint density at radius 1 is 1.08 bits per heavy atom. The van der Waals surface area contributed by atoms with Gasteiger partial charge in [0.15, 0.2) is 37.0 Å². The lowest BCUT2D eigenvalue weighted by molar-refractivity contribution is -0.778. The SMILES string of the molecule is C=C1C2CCC3C4(C)CC(O[C@H]5O[C@@H](C[125I])[C@@H](OSOO[O-])[C@H](OSOO[O-])C5OC(=O)CC(C)C)CC(C(=O)O)C4CCC3(C2)[C@H]1O. The van der Waals surface area contributed by atoms with Gasteiger partial charge >= 0.3 is 11.9 Å². The number of alkyl halides is 1. The van der Waals surface area contributed by atoms with E-state index >= 15 is 0 Å². The summed E-state index contributed by atoms with van der Waals surface area (Å²) in [4.78, 5) is 25.9. The van der Waals surface area contributed by atoms with E-state index in [4.69, 9.17) is 22.6 Å². The van der Waals surface area contributed by atoms with Crippen molar-refractivity contribution in [3.05, 3.63) is 12.2 Å². The molecule has 8 unspecified atom stereocenters. The Labute approximate surface area is 301 Å². The summed E-state index contributed by atoms with van der Waals surface area (Å²) in [5.41, 5.74) is 0.0589. The van der Waals surface area contributed by atoms with Crippen molar-refractivity contribution >= 4 is 59.2 Å². The fourth-order valence-electron chi connectivity index (χ4n) is 9.67. The first-order chi connectivity index (χ1) is 22.9. The zero-order valence-corrected chi connectivity index (χ0v) is 30.7. The Bertz CT molecular complexity index is 1150. The predicted molar refractivity (Wildman–Crippen MR) is 171 cm³/mol. The summed E-state index contributed by atoms with van der Waals surface area (Å²) in [5, 5.41) is 49.8. The smallest absolute Gasteiger partial charge is 0.306 e. The van der Waals surface area contributed by atoms with Crippen molar-refractivity contribution in [1.29, 1.82) is 0 Å². The van der Waals surface area contributed by atoms with Gasteiger partial charge in [0, 0.05) is 16.3 Å². The number of rotatable bonds is 15. The van der Waals surface area contributed by atoms with Crippen molar-refractivity contribution in [3.63, 3.8) is 0 Å². The quantitative estimate of drug-likeness (QED) is 0.0280. The molecule has 0 aromatic heterocycles. The molecule has 274 valence electrons. The maximum absolute atomic E-state index is 13.1. The summed E-state index contributed by atoms with van der Waals surface area (Å²) in [6, 6.07) is 0. The maximum atomic E-state index is 13.1. The fraction of sp³-hybridized carbons (Fsp3) is 0.867. The fourth-order valence-corrected chi connectivity index (χ4v) is 11.1. The lowest BCUT2D eigenvalue weighted by Crippen LogP contribution is -2.63. The van der Waals surface area contributed by atoms with E-state index in [9.17, 15) is 30.3 Å². The van der Waals surface area contributed by atoms with Crippen LogP contribution in [0.1, 0.15) is 72.1 Å². The van der Waals surface area contributed by atoms with Crippen molar-refractivity contribution < 1.29 is 71.6 Å². The molecule has 5 fully saturated rings. The van der Waals surface area contributed by atoms with Gasteiger partial charge in [-0.05, 0) is 79.6 Å². The molecule has 1 aliphatic heterocycles. The van der Waals surface area contributed by atoms with E-state index in [0.717, 1.165) is 31.3 Å². The van der Waals surface area contributed by atoms with Gasteiger partial charge in [0.1, 0.15) is 18.3 Å². The molecule has 0 aromatic carbocycles. The highest BCUT2D eigenvalue weighted by molar-refractivity contribution is 14.1. The van der Waals surface area contributed by atoms with Gasteiger partial charge in [-0.3, -0.25) is 28.0 Å². The van der Waals surface area contributed by atoms with Gasteiger partial charge in [0.05, 0.1) is 18.1 Å². The maximum Gasteiger partial charge on any atom is 0.306 e. The van der Waals surface area contributed by atoms with E-state index in [1.54, 1.807) is 0 Å².